The first kappa shape index (κ1) is 12.5. The second kappa shape index (κ2) is 4.98. The van der Waals surface area contributed by atoms with Crippen molar-refractivity contribution in [2.24, 2.45) is 5.41 Å². The van der Waals surface area contributed by atoms with Gasteiger partial charge in [0.2, 0.25) is 0 Å². The van der Waals surface area contributed by atoms with Gasteiger partial charge in [0.1, 0.15) is 0 Å². The SMILES string of the molecule is CC(C)=CC[C@]1(CO)CCC(C)=C(C)C1. The summed E-state index contributed by atoms with van der Waals surface area (Å²) in [6.07, 6.45) is 6.65. The second-order valence-corrected chi connectivity index (χ2v) is 5.38. The molecule has 0 heterocycles. The predicted molar refractivity (Wildman–Crippen MR) is 65.8 cm³/mol. The number of aliphatic hydroxyl groups excluding tert-OH is 1. The lowest BCUT2D eigenvalue weighted by Crippen LogP contribution is -2.28. The van der Waals surface area contributed by atoms with Crippen molar-refractivity contribution < 1.29 is 5.11 Å². The van der Waals surface area contributed by atoms with Crippen molar-refractivity contribution in [1.82, 2.24) is 0 Å². The Labute approximate surface area is 93.9 Å². The summed E-state index contributed by atoms with van der Waals surface area (Å²) in [5.41, 5.74) is 4.49. The first-order valence-electron chi connectivity index (χ1n) is 5.88. The summed E-state index contributed by atoms with van der Waals surface area (Å²) in [4.78, 5) is 0. The van der Waals surface area contributed by atoms with Crippen LogP contribution in [0, 0.1) is 5.41 Å². The average Bonchev–Trinajstić information content (AvgIpc) is 2.20. The van der Waals surface area contributed by atoms with Gasteiger partial charge >= 0.3 is 0 Å². The van der Waals surface area contributed by atoms with Crippen LogP contribution < -0.4 is 0 Å². The van der Waals surface area contributed by atoms with Crippen molar-refractivity contribution in [2.45, 2.75) is 53.4 Å². The summed E-state index contributed by atoms with van der Waals surface area (Å²) >= 11 is 0. The van der Waals surface area contributed by atoms with Crippen LogP contribution in [0.2, 0.25) is 0 Å². The molecule has 1 aliphatic rings. The van der Waals surface area contributed by atoms with Crippen LogP contribution in [-0.2, 0) is 0 Å². The van der Waals surface area contributed by atoms with E-state index in [2.05, 4.69) is 33.8 Å². The van der Waals surface area contributed by atoms with Gasteiger partial charge in [-0.15, -0.1) is 0 Å². The molecular weight excluding hydrogens is 184 g/mol. The summed E-state index contributed by atoms with van der Waals surface area (Å²) < 4.78 is 0. The van der Waals surface area contributed by atoms with Crippen LogP contribution in [0.25, 0.3) is 0 Å². The van der Waals surface area contributed by atoms with Crippen LogP contribution in [0.1, 0.15) is 53.4 Å². The summed E-state index contributed by atoms with van der Waals surface area (Å²) in [7, 11) is 0. The van der Waals surface area contributed by atoms with Crippen molar-refractivity contribution in [3.8, 4) is 0 Å². The molecule has 0 aliphatic heterocycles. The normalized spacial score (nSPS) is 26.7. The van der Waals surface area contributed by atoms with Gasteiger partial charge in [0.25, 0.3) is 0 Å². The third-order valence-corrected chi connectivity index (χ3v) is 3.68. The Morgan fingerprint density at radius 3 is 2.47 bits per heavy atom. The van der Waals surface area contributed by atoms with Gasteiger partial charge in [0.05, 0.1) is 0 Å². The fourth-order valence-corrected chi connectivity index (χ4v) is 2.26. The minimum absolute atomic E-state index is 0.126. The molecule has 1 N–H and O–H groups in total. The third kappa shape index (κ3) is 3.20. The predicted octanol–water partition coefficient (Wildman–Crippen LogP) is 3.84. The van der Waals surface area contributed by atoms with E-state index in [1.165, 1.54) is 16.7 Å². The van der Waals surface area contributed by atoms with Gasteiger partial charge in [-0.05, 0) is 53.4 Å². The van der Waals surface area contributed by atoms with Crippen LogP contribution in [-0.4, -0.2) is 11.7 Å². The topological polar surface area (TPSA) is 20.2 Å². The third-order valence-electron chi connectivity index (χ3n) is 3.68. The quantitative estimate of drug-likeness (QED) is 0.699. The second-order valence-electron chi connectivity index (χ2n) is 5.38. The molecule has 1 atom stereocenters. The van der Waals surface area contributed by atoms with Gasteiger partial charge in [-0.2, -0.15) is 0 Å². The molecule has 0 radical (unpaired) electrons. The summed E-state index contributed by atoms with van der Waals surface area (Å²) in [5.74, 6) is 0. The van der Waals surface area contributed by atoms with E-state index in [1.54, 1.807) is 0 Å². The van der Waals surface area contributed by atoms with E-state index in [0.29, 0.717) is 6.61 Å². The molecule has 0 spiro atoms. The molecule has 0 aromatic heterocycles. The lowest BCUT2D eigenvalue weighted by atomic mass is 9.70. The maximum atomic E-state index is 9.61. The highest BCUT2D eigenvalue weighted by Crippen LogP contribution is 2.41. The van der Waals surface area contributed by atoms with Gasteiger partial charge in [-0.3, -0.25) is 0 Å². The largest absolute Gasteiger partial charge is 0.396 e. The Kier molecular flexibility index (Phi) is 4.15. The molecule has 0 aromatic carbocycles. The smallest absolute Gasteiger partial charge is 0.0493 e. The maximum absolute atomic E-state index is 9.61. The monoisotopic (exact) mass is 208 g/mol. The Balaban J connectivity index is 2.76. The number of hydrogen-bond acceptors (Lipinski definition) is 1. The lowest BCUT2D eigenvalue weighted by Gasteiger charge is -2.36. The number of rotatable bonds is 3. The van der Waals surface area contributed by atoms with E-state index in [-0.39, 0.29) is 5.41 Å². The van der Waals surface area contributed by atoms with Gasteiger partial charge in [-0.25, -0.2) is 0 Å². The molecule has 1 heteroatoms. The van der Waals surface area contributed by atoms with Crippen LogP contribution in [0.15, 0.2) is 22.8 Å². The Bertz CT molecular complexity index is 282. The van der Waals surface area contributed by atoms with Crippen molar-refractivity contribution >= 4 is 0 Å². The van der Waals surface area contributed by atoms with Gasteiger partial charge in [-0.1, -0.05) is 22.8 Å². The number of aliphatic hydroxyl groups is 1. The van der Waals surface area contributed by atoms with Crippen LogP contribution in [0.4, 0.5) is 0 Å². The molecule has 0 fully saturated rings. The average molecular weight is 208 g/mol. The summed E-state index contributed by atoms with van der Waals surface area (Å²) in [6, 6.07) is 0. The lowest BCUT2D eigenvalue weighted by molar-refractivity contribution is 0.111. The van der Waals surface area contributed by atoms with Crippen molar-refractivity contribution in [1.29, 1.82) is 0 Å². The molecule has 86 valence electrons. The number of hydrogen-bond donors (Lipinski definition) is 1. The molecule has 0 saturated carbocycles. The first-order valence-corrected chi connectivity index (χ1v) is 5.88. The van der Waals surface area contributed by atoms with Crippen molar-refractivity contribution in [2.75, 3.05) is 6.61 Å². The highest BCUT2D eigenvalue weighted by atomic mass is 16.3. The molecule has 0 bridgehead atoms. The molecule has 0 amide bonds. The molecule has 1 aliphatic carbocycles. The maximum Gasteiger partial charge on any atom is 0.0493 e. The Morgan fingerprint density at radius 1 is 1.33 bits per heavy atom. The Hall–Kier alpha value is -0.560. The molecule has 1 nitrogen and oxygen atoms in total. The highest BCUT2D eigenvalue weighted by molar-refractivity contribution is 5.17. The van der Waals surface area contributed by atoms with Crippen LogP contribution >= 0.6 is 0 Å². The van der Waals surface area contributed by atoms with E-state index in [4.69, 9.17) is 0 Å². The van der Waals surface area contributed by atoms with Gasteiger partial charge in [0.15, 0.2) is 0 Å². The zero-order chi connectivity index (χ0) is 11.5. The van der Waals surface area contributed by atoms with Gasteiger partial charge < -0.3 is 5.11 Å². The van der Waals surface area contributed by atoms with Crippen molar-refractivity contribution in [3.63, 3.8) is 0 Å². The van der Waals surface area contributed by atoms with Crippen LogP contribution in [0.3, 0.4) is 0 Å². The molecule has 0 saturated heterocycles. The van der Waals surface area contributed by atoms with E-state index < -0.39 is 0 Å². The zero-order valence-electron chi connectivity index (χ0n) is 10.6. The zero-order valence-corrected chi connectivity index (χ0v) is 10.6. The molecule has 0 unspecified atom stereocenters. The molecule has 15 heavy (non-hydrogen) atoms. The van der Waals surface area contributed by atoms with E-state index in [0.717, 1.165) is 25.7 Å². The number of allylic oxidation sites excluding steroid dienone is 4. The molecular formula is C14H24O. The highest BCUT2D eigenvalue weighted by Gasteiger charge is 2.31. The molecule has 0 aromatic rings. The standard InChI is InChI=1S/C14H24O/c1-11(2)5-7-14(10-15)8-6-12(3)13(4)9-14/h5,15H,6-10H2,1-4H3/t14-/m0/s1. The first-order chi connectivity index (χ1) is 6.99. The Morgan fingerprint density at radius 2 is 2.00 bits per heavy atom. The van der Waals surface area contributed by atoms with Crippen molar-refractivity contribution in [3.05, 3.63) is 22.8 Å². The van der Waals surface area contributed by atoms with Gasteiger partial charge in [0, 0.05) is 12.0 Å². The van der Waals surface area contributed by atoms with E-state index in [9.17, 15) is 5.11 Å². The fraction of sp³-hybridized carbons (Fsp3) is 0.714. The minimum Gasteiger partial charge on any atom is -0.396 e. The van der Waals surface area contributed by atoms with Crippen LogP contribution in [0.5, 0.6) is 0 Å². The fourth-order valence-electron chi connectivity index (χ4n) is 2.26. The van der Waals surface area contributed by atoms with E-state index in [1.807, 2.05) is 0 Å². The van der Waals surface area contributed by atoms with E-state index >= 15 is 0 Å². The summed E-state index contributed by atoms with van der Waals surface area (Å²) in [6.45, 7) is 9.00. The summed E-state index contributed by atoms with van der Waals surface area (Å²) in [5, 5.41) is 9.61. The molecule has 1 rings (SSSR count). The minimum atomic E-state index is 0.126.